The number of rotatable bonds is 6. The van der Waals surface area contributed by atoms with E-state index >= 15 is 0 Å². The van der Waals surface area contributed by atoms with Gasteiger partial charge in [0.05, 0.1) is 0 Å². The molecular weight excluding hydrogens is 318 g/mol. The van der Waals surface area contributed by atoms with Crippen LogP contribution in [0.4, 0.5) is 0 Å². The third kappa shape index (κ3) is 4.16. The number of hydrogen-bond acceptors (Lipinski definition) is 2. The summed E-state index contributed by atoms with van der Waals surface area (Å²) in [6.45, 7) is 0.549. The van der Waals surface area contributed by atoms with Crippen LogP contribution in [-0.2, 0) is 6.42 Å². The van der Waals surface area contributed by atoms with Crippen molar-refractivity contribution in [1.82, 2.24) is 0 Å². The first-order valence-electron chi connectivity index (χ1n) is 8.02. The maximum Gasteiger partial charge on any atom is 0.127 e. The third-order valence-corrected chi connectivity index (χ3v) is 4.33. The van der Waals surface area contributed by atoms with Crippen molar-refractivity contribution >= 4 is 11.6 Å². The molecule has 0 aliphatic heterocycles. The van der Waals surface area contributed by atoms with Crippen molar-refractivity contribution < 1.29 is 4.74 Å². The van der Waals surface area contributed by atoms with Crippen molar-refractivity contribution in [3.63, 3.8) is 0 Å². The zero-order chi connectivity index (χ0) is 16.8. The van der Waals surface area contributed by atoms with Gasteiger partial charge in [-0.2, -0.15) is 0 Å². The average molecular weight is 338 g/mol. The van der Waals surface area contributed by atoms with Gasteiger partial charge in [-0.05, 0) is 54.4 Å². The van der Waals surface area contributed by atoms with E-state index in [2.05, 4.69) is 12.1 Å². The zero-order valence-corrected chi connectivity index (χ0v) is 14.1. The molecule has 2 nitrogen and oxygen atoms in total. The molecule has 1 unspecified atom stereocenters. The maximum absolute atomic E-state index is 6.32. The smallest absolute Gasteiger partial charge is 0.127 e. The molecular formula is C21H20ClNO. The minimum absolute atomic E-state index is 0.186. The van der Waals surface area contributed by atoms with E-state index in [0.717, 1.165) is 28.5 Å². The molecule has 0 radical (unpaired) electrons. The fraction of sp³-hybridized carbons (Fsp3) is 0.143. The van der Waals surface area contributed by atoms with Crippen molar-refractivity contribution in [2.45, 2.75) is 12.3 Å². The molecule has 24 heavy (non-hydrogen) atoms. The first kappa shape index (κ1) is 16.6. The van der Waals surface area contributed by atoms with Crippen molar-refractivity contribution in [3.8, 4) is 11.5 Å². The van der Waals surface area contributed by atoms with Gasteiger partial charge in [-0.15, -0.1) is 0 Å². The predicted octanol–water partition coefficient (Wildman–Crippen LogP) is 5.42. The Kier molecular flexibility index (Phi) is 5.52. The van der Waals surface area contributed by atoms with E-state index in [9.17, 15) is 0 Å². The largest absolute Gasteiger partial charge is 0.457 e. The summed E-state index contributed by atoms with van der Waals surface area (Å²) in [7, 11) is 0. The molecule has 0 aromatic heterocycles. The summed E-state index contributed by atoms with van der Waals surface area (Å²) in [6, 6.07) is 25.8. The van der Waals surface area contributed by atoms with E-state index in [1.165, 1.54) is 5.56 Å². The Morgan fingerprint density at radius 2 is 1.54 bits per heavy atom. The third-order valence-electron chi connectivity index (χ3n) is 3.99. The van der Waals surface area contributed by atoms with Crippen molar-refractivity contribution in [1.29, 1.82) is 0 Å². The summed E-state index contributed by atoms with van der Waals surface area (Å²) < 4.78 is 5.91. The quantitative estimate of drug-likeness (QED) is 0.652. The molecule has 3 heteroatoms. The van der Waals surface area contributed by atoms with Crippen LogP contribution in [0.5, 0.6) is 11.5 Å². The molecule has 3 rings (SSSR count). The number of benzene rings is 3. The molecule has 0 saturated carbocycles. The normalized spacial score (nSPS) is 11.9. The lowest BCUT2D eigenvalue weighted by Crippen LogP contribution is -2.15. The van der Waals surface area contributed by atoms with Gasteiger partial charge in [0.1, 0.15) is 11.5 Å². The summed E-state index contributed by atoms with van der Waals surface area (Å²) >= 11 is 6.32. The second kappa shape index (κ2) is 8.00. The van der Waals surface area contributed by atoms with Crippen LogP contribution in [0.15, 0.2) is 78.9 Å². The molecule has 0 heterocycles. The first-order valence-corrected chi connectivity index (χ1v) is 8.40. The van der Waals surface area contributed by atoms with Gasteiger partial charge in [-0.3, -0.25) is 0 Å². The maximum atomic E-state index is 6.32. The van der Waals surface area contributed by atoms with Gasteiger partial charge in [0.2, 0.25) is 0 Å². The lowest BCUT2D eigenvalue weighted by Gasteiger charge is -2.17. The van der Waals surface area contributed by atoms with Gasteiger partial charge in [0.15, 0.2) is 0 Å². The summed E-state index contributed by atoms with van der Waals surface area (Å²) in [5.41, 5.74) is 8.27. The van der Waals surface area contributed by atoms with E-state index < -0.39 is 0 Å². The molecule has 0 aliphatic rings. The van der Waals surface area contributed by atoms with Gasteiger partial charge < -0.3 is 10.5 Å². The van der Waals surface area contributed by atoms with Gasteiger partial charge in [-0.1, -0.05) is 60.1 Å². The Bertz CT molecular complexity index is 789. The van der Waals surface area contributed by atoms with E-state index in [1.54, 1.807) is 0 Å². The van der Waals surface area contributed by atoms with Crippen LogP contribution < -0.4 is 10.5 Å². The van der Waals surface area contributed by atoms with Crippen LogP contribution in [0.25, 0.3) is 0 Å². The van der Waals surface area contributed by atoms with E-state index in [1.807, 2.05) is 66.7 Å². The molecule has 1 atom stereocenters. The SMILES string of the molecule is NCC(Cc1cccc(Oc2ccccc2)c1)c1ccccc1Cl. The number of hydrogen-bond donors (Lipinski definition) is 1. The van der Waals surface area contributed by atoms with Crippen LogP contribution in [-0.4, -0.2) is 6.54 Å². The highest BCUT2D eigenvalue weighted by Crippen LogP contribution is 2.28. The Morgan fingerprint density at radius 1 is 0.833 bits per heavy atom. The van der Waals surface area contributed by atoms with Crippen LogP contribution in [0.3, 0.4) is 0 Å². The fourth-order valence-corrected chi connectivity index (χ4v) is 3.06. The highest BCUT2D eigenvalue weighted by atomic mass is 35.5. The number of nitrogens with two attached hydrogens (primary N) is 1. The highest BCUT2D eigenvalue weighted by Gasteiger charge is 2.14. The minimum Gasteiger partial charge on any atom is -0.457 e. The number of para-hydroxylation sites is 1. The topological polar surface area (TPSA) is 35.2 Å². The lowest BCUT2D eigenvalue weighted by atomic mass is 9.92. The molecule has 0 amide bonds. The minimum atomic E-state index is 0.186. The van der Waals surface area contributed by atoms with Gasteiger partial charge >= 0.3 is 0 Å². The van der Waals surface area contributed by atoms with Crippen LogP contribution >= 0.6 is 11.6 Å². The second-order valence-corrected chi connectivity index (χ2v) is 6.13. The average Bonchev–Trinajstić information content (AvgIpc) is 2.62. The molecule has 122 valence electrons. The standard InChI is InChI=1S/C21H20ClNO/c22-21-12-5-4-11-20(21)17(15-23)13-16-7-6-10-19(14-16)24-18-8-2-1-3-9-18/h1-12,14,17H,13,15,23H2. The second-order valence-electron chi connectivity index (χ2n) is 5.72. The van der Waals surface area contributed by atoms with Gasteiger partial charge in [0.25, 0.3) is 0 Å². The van der Waals surface area contributed by atoms with E-state index in [0.29, 0.717) is 6.54 Å². The highest BCUT2D eigenvalue weighted by molar-refractivity contribution is 6.31. The predicted molar refractivity (Wildman–Crippen MR) is 99.9 cm³/mol. The van der Waals surface area contributed by atoms with Crippen LogP contribution in [0, 0.1) is 0 Å². The molecule has 0 spiro atoms. The molecule has 0 saturated heterocycles. The van der Waals surface area contributed by atoms with Crippen LogP contribution in [0.1, 0.15) is 17.0 Å². The molecule has 0 bridgehead atoms. The number of halogens is 1. The Hall–Kier alpha value is -2.29. The summed E-state index contributed by atoms with van der Waals surface area (Å²) in [5.74, 6) is 1.84. The van der Waals surface area contributed by atoms with E-state index in [4.69, 9.17) is 22.1 Å². The van der Waals surface area contributed by atoms with Crippen molar-refractivity contribution in [2.24, 2.45) is 5.73 Å². The number of ether oxygens (including phenoxy) is 1. The van der Waals surface area contributed by atoms with Gasteiger partial charge in [-0.25, -0.2) is 0 Å². The Balaban J connectivity index is 1.77. The van der Waals surface area contributed by atoms with Gasteiger partial charge in [0, 0.05) is 10.9 Å². The lowest BCUT2D eigenvalue weighted by molar-refractivity contribution is 0.481. The molecule has 0 fully saturated rings. The summed E-state index contributed by atoms with van der Waals surface area (Å²) in [5, 5.41) is 0.768. The molecule has 0 aliphatic carbocycles. The Morgan fingerprint density at radius 3 is 2.29 bits per heavy atom. The summed E-state index contributed by atoms with van der Waals surface area (Å²) in [4.78, 5) is 0. The van der Waals surface area contributed by atoms with Crippen molar-refractivity contribution in [3.05, 3.63) is 95.0 Å². The monoisotopic (exact) mass is 337 g/mol. The molecule has 3 aromatic carbocycles. The van der Waals surface area contributed by atoms with Crippen molar-refractivity contribution in [2.75, 3.05) is 6.54 Å². The van der Waals surface area contributed by atoms with Crippen LogP contribution in [0.2, 0.25) is 5.02 Å². The molecule has 3 aromatic rings. The summed E-state index contributed by atoms with van der Waals surface area (Å²) in [6.07, 6.45) is 0.826. The first-order chi connectivity index (χ1) is 11.8. The van der Waals surface area contributed by atoms with E-state index in [-0.39, 0.29) is 5.92 Å². The Labute approximate surface area is 147 Å². The zero-order valence-electron chi connectivity index (χ0n) is 13.4. The molecule has 2 N–H and O–H groups in total. The fourth-order valence-electron chi connectivity index (χ4n) is 2.77.